The second-order valence-electron chi connectivity index (χ2n) is 8.23. The van der Waals surface area contributed by atoms with Crippen LogP contribution < -0.4 is 5.32 Å². The third-order valence-corrected chi connectivity index (χ3v) is 5.78. The van der Waals surface area contributed by atoms with Crippen LogP contribution in [0, 0.1) is 13.8 Å². The first-order chi connectivity index (χ1) is 16.0. The van der Waals surface area contributed by atoms with Crippen LogP contribution in [0.5, 0.6) is 0 Å². The summed E-state index contributed by atoms with van der Waals surface area (Å²) in [5.74, 6) is 1.40. The highest BCUT2D eigenvalue weighted by molar-refractivity contribution is 5.94. The number of hydrogen-bond acceptors (Lipinski definition) is 7. The number of likely N-dealkylation sites (tertiary alicyclic amines) is 1. The van der Waals surface area contributed by atoms with Gasteiger partial charge in [0.2, 0.25) is 11.8 Å². The van der Waals surface area contributed by atoms with Crippen LogP contribution in [-0.2, 0) is 17.8 Å². The Bertz CT molecular complexity index is 1110. The number of rotatable bonds is 7. The first-order valence-corrected chi connectivity index (χ1v) is 11.3. The van der Waals surface area contributed by atoms with Gasteiger partial charge in [-0.15, -0.1) is 0 Å². The van der Waals surface area contributed by atoms with Gasteiger partial charge in [0, 0.05) is 32.1 Å². The van der Waals surface area contributed by atoms with Crippen molar-refractivity contribution in [1.29, 1.82) is 0 Å². The van der Waals surface area contributed by atoms with Crippen molar-refractivity contribution in [2.75, 3.05) is 6.54 Å². The molecule has 33 heavy (non-hydrogen) atoms. The summed E-state index contributed by atoms with van der Waals surface area (Å²) in [5, 5.41) is 6.68. The van der Waals surface area contributed by atoms with Gasteiger partial charge in [0.15, 0.2) is 11.6 Å². The van der Waals surface area contributed by atoms with Crippen molar-refractivity contribution in [3.05, 3.63) is 70.9 Å². The van der Waals surface area contributed by atoms with Crippen LogP contribution in [0.3, 0.4) is 0 Å². The highest BCUT2D eigenvalue weighted by Gasteiger charge is 2.30. The largest absolute Gasteiger partial charge is 0.348 e. The van der Waals surface area contributed by atoms with Gasteiger partial charge in [-0.25, -0.2) is 9.97 Å². The molecule has 4 rings (SSSR count). The summed E-state index contributed by atoms with van der Waals surface area (Å²) in [6.45, 7) is 4.65. The maximum atomic E-state index is 13.0. The lowest BCUT2D eigenvalue weighted by molar-refractivity contribution is -0.135. The van der Waals surface area contributed by atoms with Gasteiger partial charge in [-0.2, -0.15) is 4.98 Å². The summed E-state index contributed by atoms with van der Waals surface area (Å²) < 4.78 is 5.12. The van der Waals surface area contributed by atoms with Gasteiger partial charge < -0.3 is 14.7 Å². The molecule has 3 aromatic rings. The fraction of sp³-hybridized carbons (Fsp3) is 0.417. The van der Waals surface area contributed by atoms with E-state index in [9.17, 15) is 9.59 Å². The Balaban J connectivity index is 1.42. The van der Waals surface area contributed by atoms with E-state index in [0.29, 0.717) is 48.3 Å². The first-order valence-electron chi connectivity index (χ1n) is 11.3. The molecule has 1 aromatic carbocycles. The van der Waals surface area contributed by atoms with Crippen LogP contribution in [-0.4, -0.2) is 43.4 Å². The van der Waals surface area contributed by atoms with Crippen molar-refractivity contribution in [1.82, 2.24) is 30.3 Å². The van der Waals surface area contributed by atoms with Crippen LogP contribution in [0.2, 0.25) is 0 Å². The monoisotopic (exact) mass is 448 g/mol. The van der Waals surface area contributed by atoms with E-state index in [-0.39, 0.29) is 24.3 Å². The Morgan fingerprint density at radius 1 is 1.15 bits per heavy atom. The zero-order valence-corrected chi connectivity index (χ0v) is 19.0. The van der Waals surface area contributed by atoms with Crippen LogP contribution in [0.1, 0.15) is 70.9 Å². The molecule has 1 aliphatic heterocycles. The number of hydrogen-bond donors (Lipinski definition) is 1. The number of aromatic nitrogens is 4. The first kappa shape index (κ1) is 22.6. The zero-order chi connectivity index (χ0) is 23.2. The molecule has 0 radical (unpaired) electrons. The molecule has 1 atom stereocenters. The Labute approximate surface area is 192 Å². The Morgan fingerprint density at radius 2 is 1.97 bits per heavy atom. The minimum Gasteiger partial charge on any atom is -0.348 e. The van der Waals surface area contributed by atoms with Gasteiger partial charge in [0.05, 0.1) is 17.3 Å². The molecule has 2 aromatic heterocycles. The standard InChI is InChI=1S/C24H28N6O3/c1-16-19(24(32)26-14-18-8-4-3-5-9-18)15-25-23(27-16)20-10-6-7-13-30(20)22(31)12-11-21-28-17(2)29-33-21/h3-5,8-9,15,20H,6-7,10-14H2,1-2H3,(H,26,32)/t20-/m0/s1. The molecule has 1 aliphatic rings. The number of piperidine rings is 1. The molecule has 1 fully saturated rings. The topological polar surface area (TPSA) is 114 Å². The highest BCUT2D eigenvalue weighted by atomic mass is 16.5. The van der Waals surface area contributed by atoms with Crippen molar-refractivity contribution in [3.63, 3.8) is 0 Å². The molecular weight excluding hydrogens is 420 g/mol. The SMILES string of the molecule is Cc1noc(CCC(=O)N2CCCC[C@H]2c2ncc(C(=O)NCc3ccccc3)c(C)n2)n1. The summed E-state index contributed by atoms with van der Waals surface area (Å²) in [6.07, 6.45) is 5.00. The van der Waals surface area contributed by atoms with E-state index in [2.05, 4.69) is 25.4 Å². The number of benzene rings is 1. The van der Waals surface area contributed by atoms with E-state index in [1.165, 1.54) is 0 Å². The van der Waals surface area contributed by atoms with E-state index in [4.69, 9.17) is 4.52 Å². The third kappa shape index (κ3) is 5.60. The van der Waals surface area contributed by atoms with Gasteiger partial charge in [-0.1, -0.05) is 35.5 Å². The number of nitrogens with one attached hydrogen (secondary N) is 1. The van der Waals surface area contributed by atoms with Gasteiger partial charge in [0.1, 0.15) is 0 Å². The maximum Gasteiger partial charge on any atom is 0.254 e. The summed E-state index contributed by atoms with van der Waals surface area (Å²) >= 11 is 0. The maximum absolute atomic E-state index is 13.0. The molecule has 2 amide bonds. The molecule has 0 bridgehead atoms. The summed E-state index contributed by atoms with van der Waals surface area (Å²) in [6, 6.07) is 9.53. The van der Waals surface area contributed by atoms with Crippen molar-refractivity contribution in [2.45, 2.75) is 58.5 Å². The number of carbonyl (C=O) groups is 2. The van der Waals surface area contributed by atoms with Gasteiger partial charge in [0.25, 0.3) is 5.91 Å². The second-order valence-corrected chi connectivity index (χ2v) is 8.23. The molecule has 0 spiro atoms. The van der Waals surface area contributed by atoms with Gasteiger partial charge in [-0.3, -0.25) is 9.59 Å². The molecule has 3 heterocycles. The predicted molar refractivity (Wildman–Crippen MR) is 120 cm³/mol. The van der Waals surface area contributed by atoms with E-state index in [1.54, 1.807) is 20.0 Å². The van der Waals surface area contributed by atoms with Crippen molar-refractivity contribution in [3.8, 4) is 0 Å². The molecule has 1 N–H and O–H groups in total. The molecule has 0 aliphatic carbocycles. The van der Waals surface area contributed by atoms with Crippen molar-refractivity contribution < 1.29 is 14.1 Å². The number of nitrogens with zero attached hydrogens (tertiary/aromatic N) is 5. The number of amides is 2. The average Bonchev–Trinajstić information content (AvgIpc) is 3.26. The fourth-order valence-corrected chi connectivity index (χ4v) is 4.04. The fourth-order valence-electron chi connectivity index (χ4n) is 4.04. The molecule has 9 nitrogen and oxygen atoms in total. The minimum atomic E-state index is -0.214. The van der Waals surface area contributed by atoms with E-state index in [0.717, 1.165) is 24.8 Å². The zero-order valence-electron chi connectivity index (χ0n) is 19.0. The third-order valence-electron chi connectivity index (χ3n) is 5.78. The van der Waals surface area contributed by atoms with Crippen LogP contribution in [0.15, 0.2) is 41.1 Å². The van der Waals surface area contributed by atoms with Crippen LogP contribution in [0.4, 0.5) is 0 Å². The molecule has 9 heteroatoms. The quantitative estimate of drug-likeness (QED) is 0.591. The Morgan fingerprint density at radius 3 is 2.70 bits per heavy atom. The lowest BCUT2D eigenvalue weighted by Gasteiger charge is -2.35. The Kier molecular flexibility index (Phi) is 7.07. The Hall–Kier alpha value is -3.62. The number of carbonyl (C=O) groups excluding carboxylic acids is 2. The van der Waals surface area contributed by atoms with Crippen molar-refractivity contribution in [2.24, 2.45) is 0 Å². The highest BCUT2D eigenvalue weighted by Crippen LogP contribution is 2.30. The normalized spacial score (nSPS) is 15.9. The molecule has 0 saturated carbocycles. The van der Waals surface area contributed by atoms with Crippen molar-refractivity contribution >= 4 is 11.8 Å². The van der Waals surface area contributed by atoms with E-state index in [1.807, 2.05) is 35.2 Å². The van der Waals surface area contributed by atoms with E-state index < -0.39 is 0 Å². The predicted octanol–water partition coefficient (Wildman–Crippen LogP) is 3.09. The molecule has 0 unspecified atom stereocenters. The van der Waals surface area contributed by atoms with E-state index >= 15 is 0 Å². The smallest absolute Gasteiger partial charge is 0.254 e. The van der Waals surface area contributed by atoms with Gasteiger partial charge >= 0.3 is 0 Å². The molecular formula is C24H28N6O3. The van der Waals surface area contributed by atoms with Gasteiger partial charge in [-0.05, 0) is 38.7 Å². The minimum absolute atomic E-state index is 0.0153. The second kappa shape index (κ2) is 10.3. The number of aryl methyl sites for hydroxylation is 3. The lowest BCUT2D eigenvalue weighted by atomic mass is 10.00. The summed E-state index contributed by atoms with van der Waals surface area (Å²) in [7, 11) is 0. The summed E-state index contributed by atoms with van der Waals surface area (Å²) in [4.78, 5) is 40.7. The molecule has 172 valence electrons. The summed E-state index contributed by atoms with van der Waals surface area (Å²) in [5.41, 5.74) is 2.06. The molecule has 1 saturated heterocycles. The van der Waals surface area contributed by atoms with Crippen LogP contribution >= 0.6 is 0 Å². The average molecular weight is 449 g/mol. The lowest BCUT2D eigenvalue weighted by Crippen LogP contribution is -2.39. The van der Waals surface area contributed by atoms with Crippen LogP contribution in [0.25, 0.3) is 0 Å².